The van der Waals surface area contributed by atoms with E-state index in [4.69, 9.17) is 0 Å². The van der Waals surface area contributed by atoms with Crippen LogP contribution in [0, 0.1) is 6.92 Å². The molecule has 0 radical (unpaired) electrons. The van der Waals surface area contributed by atoms with Gasteiger partial charge >= 0.3 is 0 Å². The number of fused-ring (bicyclic) bond motifs is 1. The second kappa shape index (κ2) is 6.17. The fourth-order valence-corrected chi connectivity index (χ4v) is 3.58. The molecule has 126 valence electrons. The number of carbonyl (C=O) groups is 1. The van der Waals surface area contributed by atoms with E-state index in [1.165, 1.54) is 23.7 Å². The van der Waals surface area contributed by atoms with E-state index in [2.05, 4.69) is 24.9 Å². The molecule has 8 nitrogen and oxygen atoms in total. The number of nitrogens with zero attached hydrogens (tertiary/aromatic N) is 5. The Labute approximate surface area is 146 Å². The quantitative estimate of drug-likeness (QED) is 0.741. The van der Waals surface area contributed by atoms with Crippen molar-refractivity contribution in [3.63, 3.8) is 0 Å². The summed E-state index contributed by atoms with van der Waals surface area (Å²) in [5.41, 5.74) is 3.91. The van der Waals surface area contributed by atoms with Gasteiger partial charge in [0.05, 0.1) is 29.6 Å². The second-order valence-corrected chi connectivity index (χ2v) is 6.53. The molecule has 0 atom stereocenters. The lowest BCUT2D eigenvalue weighted by Gasteiger charge is -2.27. The molecular weight excluding hydrogens is 340 g/mol. The molecule has 0 fully saturated rings. The maximum atomic E-state index is 12.7. The molecule has 0 spiro atoms. The number of rotatable bonds is 2. The molecule has 25 heavy (non-hydrogen) atoms. The van der Waals surface area contributed by atoms with Crippen molar-refractivity contribution < 1.29 is 4.79 Å². The van der Waals surface area contributed by atoms with Gasteiger partial charge in [0.2, 0.25) is 0 Å². The Kier molecular flexibility index (Phi) is 3.85. The number of aryl methyl sites for hydroxylation is 1. The maximum Gasteiger partial charge on any atom is 0.266 e. The molecule has 1 N–H and O–H groups in total. The third-order valence-electron chi connectivity index (χ3n) is 4.11. The van der Waals surface area contributed by atoms with E-state index >= 15 is 0 Å². The third kappa shape index (κ3) is 2.82. The highest BCUT2D eigenvalue weighted by Gasteiger charge is 2.27. The number of aromatic nitrogens is 5. The molecule has 1 aliphatic rings. The number of hydrogen-bond acceptors (Lipinski definition) is 7. The largest absolute Gasteiger partial charge is 0.332 e. The van der Waals surface area contributed by atoms with Gasteiger partial charge in [-0.25, -0.2) is 15.0 Å². The summed E-state index contributed by atoms with van der Waals surface area (Å²) in [5.74, 6) is 0.286. The van der Waals surface area contributed by atoms with Gasteiger partial charge in [0.25, 0.3) is 11.5 Å². The summed E-state index contributed by atoms with van der Waals surface area (Å²) in [7, 11) is 0. The molecule has 3 aromatic rings. The molecular formula is C16H14N6O2S. The van der Waals surface area contributed by atoms with Crippen LogP contribution in [0.4, 0.5) is 0 Å². The van der Waals surface area contributed by atoms with E-state index in [0.717, 1.165) is 5.69 Å². The Bertz CT molecular complexity index is 997. The van der Waals surface area contributed by atoms with Crippen LogP contribution in [0.5, 0.6) is 0 Å². The first kappa shape index (κ1) is 15.6. The Morgan fingerprint density at radius 3 is 2.92 bits per heavy atom. The van der Waals surface area contributed by atoms with Gasteiger partial charge in [-0.2, -0.15) is 0 Å². The van der Waals surface area contributed by atoms with Crippen molar-refractivity contribution in [2.24, 2.45) is 0 Å². The summed E-state index contributed by atoms with van der Waals surface area (Å²) in [6.07, 6.45) is 5.11. The minimum absolute atomic E-state index is 0.0752. The van der Waals surface area contributed by atoms with Crippen molar-refractivity contribution in [1.29, 1.82) is 0 Å². The normalized spacial score (nSPS) is 13.6. The standard InChI is InChI=1S/C16H14N6O2S/c1-9-13(25-8-19-9)16(24)22-5-2-10-12(7-22)20-14(21-15(10)23)11-6-17-3-4-18-11/h3-4,6,8H,2,5,7H2,1H3,(H,20,21,23). The molecule has 1 aliphatic heterocycles. The fourth-order valence-electron chi connectivity index (χ4n) is 2.81. The van der Waals surface area contributed by atoms with Gasteiger partial charge in [0.1, 0.15) is 10.6 Å². The average molecular weight is 354 g/mol. The Morgan fingerprint density at radius 2 is 2.20 bits per heavy atom. The van der Waals surface area contributed by atoms with E-state index in [9.17, 15) is 9.59 Å². The minimum atomic E-state index is -0.188. The number of carbonyl (C=O) groups excluding carboxylic acids is 1. The molecule has 0 bridgehead atoms. The van der Waals surface area contributed by atoms with Crippen LogP contribution in [0.3, 0.4) is 0 Å². The average Bonchev–Trinajstić information content (AvgIpc) is 3.07. The number of hydrogen-bond donors (Lipinski definition) is 1. The predicted octanol–water partition coefficient (Wildman–Crippen LogP) is 1.19. The molecule has 3 aromatic heterocycles. The van der Waals surface area contributed by atoms with Gasteiger partial charge < -0.3 is 9.88 Å². The van der Waals surface area contributed by atoms with Crippen molar-refractivity contribution in [1.82, 2.24) is 29.8 Å². The predicted molar refractivity (Wildman–Crippen MR) is 91.2 cm³/mol. The molecule has 9 heteroatoms. The summed E-state index contributed by atoms with van der Waals surface area (Å²) < 4.78 is 0. The van der Waals surface area contributed by atoms with Crippen LogP contribution < -0.4 is 5.56 Å². The SMILES string of the molecule is Cc1ncsc1C(=O)N1CCc2c(nc(-c3cnccn3)[nH]c2=O)C1. The van der Waals surface area contributed by atoms with Crippen LogP contribution in [0.25, 0.3) is 11.5 Å². The first-order valence-corrected chi connectivity index (χ1v) is 8.59. The van der Waals surface area contributed by atoms with Gasteiger partial charge in [-0.05, 0) is 13.3 Å². The van der Waals surface area contributed by atoms with Gasteiger partial charge in [-0.1, -0.05) is 0 Å². The Morgan fingerprint density at radius 1 is 1.32 bits per heavy atom. The second-order valence-electron chi connectivity index (χ2n) is 5.67. The van der Waals surface area contributed by atoms with Crippen LogP contribution in [0.15, 0.2) is 28.9 Å². The van der Waals surface area contributed by atoms with Crippen LogP contribution in [-0.2, 0) is 13.0 Å². The zero-order chi connectivity index (χ0) is 17.4. The Balaban J connectivity index is 1.68. The minimum Gasteiger partial charge on any atom is -0.332 e. The van der Waals surface area contributed by atoms with Crippen molar-refractivity contribution in [2.75, 3.05) is 6.54 Å². The van der Waals surface area contributed by atoms with Crippen molar-refractivity contribution >= 4 is 17.2 Å². The zero-order valence-electron chi connectivity index (χ0n) is 13.4. The van der Waals surface area contributed by atoms with E-state index in [1.54, 1.807) is 16.6 Å². The van der Waals surface area contributed by atoms with E-state index < -0.39 is 0 Å². The monoisotopic (exact) mass is 354 g/mol. The van der Waals surface area contributed by atoms with Crippen LogP contribution in [-0.4, -0.2) is 42.3 Å². The zero-order valence-corrected chi connectivity index (χ0v) is 14.2. The van der Waals surface area contributed by atoms with Gasteiger partial charge in [-0.3, -0.25) is 14.6 Å². The summed E-state index contributed by atoms with van der Waals surface area (Å²) in [6, 6.07) is 0. The lowest BCUT2D eigenvalue weighted by molar-refractivity contribution is 0.0735. The third-order valence-corrected chi connectivity index (χ3v) is 5.02. The number of thiazole rings is 1. The summed E-state index contributed by atoms with van der Waals surface area (Å²) in [6.45, 7) is 2.60. The number of H-pyrrole nitrogens is 1. The number of aromatic amines is 1. The molecule has 4 heterocycles. The Hall–Kier alpha value is -2.94. The molecule has 4 rings (SSSR count). The molecule has 0 unspecified atom stereocenters. The highest BCUT2D eigenvalue weighted by Crippen LogP contribution is 2.21. The molecule has 0 aliphatic carbocycles. The first-order valence-electron chi connectivity index (χ1n) is 7.71. The first-order chi connectivity index (χ1) is 12.1. The molecule has 1 amide bonds. The lowest BCUT2D eigenvalue weighted by Crippen LogP contribution is -2.39. The summed E-state index contributed by atoms with van der Waals surface area (Å²) in [5, 5.41) is 0. The van der Waals surface area contributed by atoms with E-state index in [-0.39, 0.29) is 11.5 Å². The molecule has 0 saturated heterocycles. The highest BCUT2D eigenvalue weighted by atomic mass is 32.1. The summed E-state index contributed by atoms with van der Waals surface area (Å²) in [4.78, 5) is 46.9. The van der Waals surface area contributed by atoms with Crippen LogP contribution in [0.1, 0.15) is 26.6 Å². The molecule has 0 saturated carbocycles. The maximum absolute atomic E-state index is 12.7. The van der Waals surface area contributed by atoms with Crippen molar-refractivity contribution in [3.8, 4) is 11.5 Å². The number of nitrogens with one attached hydrogen (secondary N) is 1. The topological polar surface area (TPSA) is 105 Å². The van der Waals surface area contributed by atoms with Crippen molar-refractivity contribution in [3.05, 3.63) is 56.3 Å². The highest BCUT2D eigenvalue weighted by molar-refractivity contribution is 7.11. The summed E-state index contributed by atoms with van der Waals surface area (Å²) >= 11 is 1.33. The van der Waals surface area contributed by atoms with Gasteiger partial charge in [0.15, 0.2) is 5.82 Å². The van der Waals surface area contributed by atoms with E-state index in [0.29, 0.717) is 47.2 Å². The van der Waals surface area contributed by atoms with Crippen molar-refractivity contribution in [2.45, 2.75) is 19.9 Å². The molecule has 0 aromatic carbocycles. The number of amides is 1. The fraction of sp³-hybridized carbons (Fsp3) is 0.250. The van der Waals surface area contributed by atoms with E-state index in [1.807, 2.05) is 6.92 Å². The van der Waals surface area contributed by atoms with Gasteiger partial charge in [0, 0.05) is 24.5 Å². The smallest absolute Gasteiger partial charge is 0.266 e. The van der Waals surface area contributed by atoms with Gasteiger partial charge in [-0.15, -0.1) is 11.3 Å². The lowest BCUT2D eigenvalue weighted by atomic mass is 10.1. The van der Waals surface area contributed by atoms with Crippen LogP contribution in [0.2, 0.25) is 0 Å². The van der Waals surface area contributed by atoms with Crippen LogP contribution >= 0.6 is 11.3 Å².